The van der Waals surface area contributed by atoms with Gasteiger partial charge in [0.15, 0.2) is 5.11 Å². The summed E-state index contributed by atoms with van der Waals surface area (Å²) < 4.78 is 13.5. The lowest BCUT2D eigenvalue weighted by atomic mass is 10.2. The molecule has 0 bridgehead atoms. The number of halogens is 1. The molecule has 0 aromatic heterocycles. The fraction of sp³-hybridized carbons (Fsp3) is 0.333. The van der Waals surface area contributed by atoms with Crippen molar-refractivity contribution in [1.29, 1.82) is 5.26 Å². The van der Waals surface area contributed by atoms with E-state index in [1.807, 2.05) is 6.07 Å². The molecule has 5 heteroatoms. The fourth-order valence-electron chi connectivity index (χ4n) is 1.15. The van der Waals surface area contributed by atoms with Gasteiger partial charge in [-0.15, -0.1) is 0 Å². The molecule has 0 heterocycles. The zero-order valence-corrected chi connectivity index (χ0v) is 10.6. The third-order valence-corrected chi connectivity index (χ3v) is 2.26. The van der Waals surface area contributed by atoms with Crippen LogP contribution in [0.4, 0.5) is 10.1 Å². The van der Waals surface area contributed by atoms with Gasteiger partial charge in [-0.3, -0.25) is 0 Å². The molecule has 1 aromatic carbocycles. The minimum absolute atomic E-state index is 0.269. The molecule has 0 radical (unpaired) electrons. The van der Waals surface area contributed by atoms with Crippen molar-refractivity contribution >= 4 is 23.0 Å². The minimum atomic E-state index is -0.488. The first-order valence-corrected chi connectivity index (χ1v) is 5.68. The lowest BCUT2D eigenvalue weighted by molar-refractivity contribution is 0.624. The summed E-state index contributed by atoms with van der Waals surface area (Å²) in [6, 6.07) is 6.08. The molecule has 0 aliphatic heterocycles. The number of nitriles is 1. The molecule has 0 aliphatic rings. The largest absolute Gasteiger partial charge is 0.362 e. The number of hydrogen-bond donors (Lipinski definition) is 2. The van der Waals surface area contributed by atoms with Crippen molar-refractivity contribution < 1.29 is 4.39 Å². The Morgan fingerprint density at radius 2 is 2.24 bits per heavy atom. The highest BCUT2D eigenvalue weighted by atomic mass is 32.1. The van der Waals surface area contributed by atoms with Gasteiger partial charge in [0.05, 0.1) is 17.3 Å². The number of hydrogen-bond acceptors (Lipinski definition) is 2. The summed E-state index contributed by atoms with van der Waals surface area (Å²) in [6.45, 7) is 4.83. The molecule has 0 aliphatic carbocycles. The first-order valence-electron chi connectivity index (χ1n) is 5.27. The second-order valence-electron chi connectivity index (χ2n) is 4.04. The second-order valence-corrected chi connectivity index (χ2v) is 4.44. The molecule has 2 N–H and O–H groups in total. The Hall–Kier alpha value is -1.67. The second kappa shape index (κ2) is 6.16. The van der Waals surface area contributed by atoms with Gasteiger partial charge in [-0.2, -0.15) is 5.26 Å². The molecule has 3 nitrogen and oxygen atoms in total. The minimum Gasteiger partial charge on any atom is -0.362 e. The quantitative estimate of drug-likeness (QED) is 0.811. The molecule has 90 valence electrons. The maximum absolute atomic E-state index is 13.5. The predicted octanol–water partition coefficient (Wildman–Crippen LogP) is 2.64. The fourth-order valence-corrected chi connectivity index (χ4v) is 1.34. The Bertz CT molecular complexity index is 452. The molecule has 1 aromatic rings. The number of benzene rings is 1. The molecule has 0 fully saturated rings. The number of rotatable bonds is 3. The summed E-state index contributed by atoms with van der Waals surface area (Å²) in [5.41, 5.74) is 0.555. The molecule has 0 saturated heterocycles. The number of nitrogens with one attached hydrogen (secondary N) is 2. The van der Waals surface area contributed by atoms with Crippen LogP contribution in [0.25, 0.3) is 0 Å². The maximum atomic E-state index is 13.5. The van der Waals surface area contributed by atoms with Crippen molar-refractivity contribution in [2.45, 2.75) is 13.8 Å². The van der Waals surface area contributed by atoms with Crippen LogP contribution in [0.2, 0.25) is 0 Å². The van der Waals surface area contributed by atoms with Crippen LogP contribution in [-0.4, -0.2) is 11.7 Å². The third-order valence-electron chi connectivity index (χ3n) is 2.02. The molecule has 1 rings (SSSR count). The molecule has 0 atom stereocenters. The molecule has 0 amide bonds. The van der Waals surface area contributed by atoms with Gasteiger partial charge in [0.2, 0.25) is 0 Å². The summed E-state index contributed by atoms with van der Waals surface area (Å²) in [5.74, 6) is -0.0293. The van der Waals surface area contributed by atoms with Crippen LogP contribution in [0.5, 0.6) is 0 Å². The first kappa shape index (κ1) is 13.4. The normalized spacial score (nSPS) is 9.82. The number of thiocarbonyl (C=S) groups is 1. The molecule has 0 saturated carbocycles. The van der Waals surface area contributed by atoms with E-state index in [2.05, 4.69) is 24.5 Å². The van der Waals surface area contributed by atoms with Crippen LogP contribution in [0, 0.1) is 23.1 Å². The Morgan fingerprint density at radius 1 is 1.53 bits per heavy atom. The van der Waals surface area contributed by atoms with E-state index in [1.54, 1.807) is 0 Å². The van der Waals surface area contributed by atoms with Crippen molar-refractivity contribution in [2.24, 2.45) is 5.92 Å². The van der Waals surface area contributed by atoms with Gasteiger partial charge in [-0.25, -0.2) is 4.39 Å². The maximum Gasteiger partial charge on any atom is 0.170 e. The molecule has 17 heavy (non-hydrogen) atoms. The van der Waals surface area contributed by atoms with Crippen molar-refractivity contribution in [3.05, 3.63) is 29.6 Å². The van der Waals surface area contributed by atoms with Gasteiger partial charge in [-0.1, -0.05) is 13.8 Å². The molecule has 0 unspecified atom stereocenters. The van der Waals surface area contributed by atoms with Crippen LogP contribution in [0.15, 0.2) is 18.2 Å². The highest BCUT2D eigenvalue weighted by Gasteiger charge is 2.05. The molecular weight excluding hydrogens is 237 g/mol. The Morgan fingerprint density at radius 3 is 2.76 bits per heavy atom. The van der Waals surface area contributed by atoms with E-state index >= 15 is 0 Å². The van der Waals surface area contributed by atoms with E-state index < -0.39 is 5.82 Å². The van der Waals surface area contributed by atoms with Crippen LogP contribution >= 0.6 is 12.2 Å². The standard InChI is InChI=1S/C12H14FN3S/c1-8(2)7-15-12(17)16-11-4-3-9(6-14)5-10(11)13/h3-5,8H,7H2,1-2H3,(H2,15,16,17). The van der Waals surface area contributed by atoms with E-state index in [-0.39, 0.29) is 11.3 Å². The topological polar surface area (TPSA) is 47.8 Å². The predicted molar refractivity (Wildman–Crippen MR) is 70.2 cm³/mol. The zero-order valence-electron chi connectivity index (χ0n) is 9.75. The lowest BCUT2D eigenvalue weighted by Gasteiger charge is -2.12. The van der Waals surface area contributed by atoms with Crippen LogP contribution < -0.4 is 10.6 Å². The average Bonchev–Trinajstić information content (AvgIpc) is 2.29. The van der Waals surface area contributed by atoms with Gasteiger partial charge in [0, 0.05) is 6.54 Å². The van der Waals surface area contributed by atoms with Crippen LogP contribution in [0.1, 0.15) is 19.4 Å². The van der Waals surface area contributed by atoms with Crippen molar-refractivity contribution in [3.63, 3.8) is 0 Å². The van der Waals surface area contributed by atoms with E-state index in [9.17, 15) is 4.39 Å². The number of nitrogens with zero attached hydrogens (tertiary/aromatic N) is 1. The van der Waals surface area contributed by atoms with Gasteiger partial charge in [-0.05, 0) is 36.3 Å². The number of anilines is 1. The summed E-state index contributed by atoms with van der Waals surface area (Å²) in [4.78, 5) is 0. The van der Waals surface area contributed by atoms with Gasteiger partial charge < -0.3 is 10.6 Å². The lowest BCUT2D eigenvalue weighted by Crippen LogP contribution is -2.31. The first-order chi connectivity index (χ1) is 8.02. The van der Waals surface area contributed by atoms with Crippen LogP contribution in [-0.2, 0) is 0 Å². The monoisotopic (exact) mass is 251 g/mol. The summed E-state index contributed by atoms with van der Waals surface area (Å²) in [6.07, 6.45) is 0. The SMILES string of the molecule is CC(C)CNC(=S)Nc1ccc(C#N)cc1F. The Kier molecular flexibility index (Phi) is 4.85. The third kappa shape index (κ3) is 4.37. The smallest absolute Gasteiger partial charge is 0.170 e. The molecule has 0 spiro atoms. The van der Waals surface area contributed by atoms with Crippen molar-refractivity contribution in [1.82, 2.24) is 5.32 Å². The van der Waals surface area contributed by atoms with E-state index in [1.165, 1.54) is 18.2 Å². The average molecular weight is 251 g/mol. The van der Waals surface area contributed by atoms with E-state index in [4.69, 9.17) is 17.5 Å². The van der Waals surface area contributed by atoms with Gasteiger partial charge in [0.1, 0.15) is 5.82 Å². The highest BCUT2D eigenvalue weighted by molar-refractivity contribution is 7.80. The molecular formula is C12H14FN3S. The van der Waals surface area contributed by atoms with E-state index in [0.717, 1.165) is 6.54 Å². The van der Waals surface area contributed by atoms with Crippen molar-refractivity contribution in [2.75, 3.05) is 11.9 Å². The summed E-state index contributed by atoms with van der Waals surface area (Å²) >= 11 is 5.02. The van der Waals surface area contributed by atoms with E-state index in [0.29, 0.717) is 11.0 Å². The zero-order chi connectivity index (χ0) is 12.8. The van der Waals surface area contributed by atoms with Gasteiger partial charge >= 0.3 is 0 Å². The Labute approximate surface area is 106 Å². The Balaban J connectivity index is 2.63. The highest BCUT2D eigenvalue weighted by Crippen LogP contribution is 2.15. The summed E-state index contributed by atoms with van der Waals surface area (Å²) in [7, 11) is 0. The van der Waals surface area contributed by atoms with Crippen molar-refractivity contribution in [3.8, 4) is 6.07 Å². The summed E-state index contributed by atoms with van der Waals surface area (Å²) in [5, 5.41) is 14.7. The van der Waals surface area contributed by atoms with Gasteiger partial charge in [0.25, 0.3) is 0 Å². The van der Waals surface area contributed by atoms with Crippen LogP contribution in [0.3, 0.4) is 0 Å².